The lowest BCUT2D eigenvalue weighted by Crippen LogP contribution is -2.11. The number of hydrogen-bond acceptors (Lipinski definition) is 2. The fourth-order valence-electron chi connectivity index (χ4n) is 2.99. The van der Waals surface area contributed by atoms with Gasteiger partial charge in [0.05, 0.1) is 6.61 Å². The maximum atomic E-state index is 9.98. The van der Waals surface area contributed by atoms with Crippen LogP contribution in [0.4, 0.5) is 0 Å². The minimum absolute atomic E-state index is 0.0689. The standard InChI is InChI=1S/C22H38O2/c1-5-6-7-8-9-10-11-12-13-14-17-24-19-15-16-21(23)20(18-19)22(2,3)4/h15-16,18,23H,5-14,17H2,1-4H3. The quantitative estimate of drug-likeness (QED) is 0.417. The van der Waals surface area contributed by atoms with Gasteiger partial charge in [0, 0.05) is 5.56 Å². The number of unbranched alkanes of at least 4 members (excludes halogenated alkanes) is 9. The van der Waals surface area contributed by atoms with E-state index in [1.165, 1.54) is 57.8 Å². The first-order valence-electron chi connectivity index (χ1n) is 9.91. The maximum Gasteiger partial charge on any atom is 0.119 e. The second kappa shape index (κ2) is 11.4. The lowest BCUT2D eigenvalue weighted by molar-refractivity contribution is 0.302. The molecule has 0 bridgehead atoms. The van der Waals surface area contributed by atoms with Crippen LogP contribution in [0.5, 0.6) is 11.5 Å². The molecule has 0 aliphatic carbocycles. The van der Waals surface area contributed by atoms with Gasteiger partial charge in [-0.05, 0) is 30.0 Å². The highest BCUT2D eigenvalue weighted by atomic mass is 16.5. The van der Waals surface area contributed by atoms with E-state index in [9.17, 15) is 5.11 Å². The molecule has 1 N–H and O–H groups in total. The van der Waals surface area contributed by atoms with E-state index in [4.69, 9.17) is 4.74 Å². The molecule has 0 aliphatic rings. The molecule has 0 aromatic heterocycles. The molecule has 24 heavy (non-hydrogen) atoms. The smallest absolute Gasteiger partial charge is 0.119 e. The summed E-state index contributed by atoms with van der Waals surface area (Å²) >= 11 is 0. The lowest BCUT2D eigenvalue weighted by Gasteiger charge is -2.21. The number of hydrogen-bond donors (Lipinski definition) is 1. The van der Waals surface area contributed by atoms with Crippen molar-refractivity contribution >= 4 is 0 Å². The monoisotopic (exact) mass is 334 g/mol. The molecule has 0 amide bonds. The third-order valence-corrected chi connectivity index (χ3v) is 4.54. The summed E-state index contributed by atoms with van der Waals surface area (Å²) in [7, 11) is 0. The van der Waals surface area contributed by atoms with Crippen molar-refractivity contribution in [2.24, 2.45) is 0 Å². The van der Waals surface area contributed by atoms with E-state index < -0.39 is 0 Å². The first-order valence-corrected chi connectivity index (χ1v) is 9.91. The Hall–Kier alpha value is -1.18. The zero-order chi connectivity index (χ0) is 17.8. The fraction of sp³-hybridized carbons (Fsp3) is 0.727. The molecule has 1 aromatic carbocycles. The molecule has 0 radical (unpaired) electrons. The van der Waals surface area contributed by atoms with Gasteiger partial charge in [-0.25, -0.2) is 0 Å². The van der Waals surface area contributed by atoms with Crippen molar-refractivity contribution in [3.05, 3.63) is 23.8 Å². The van der Waals surface area contributed by atoms with Crippen LogP contribution in [0.1, 0.15) is 97.5 Å². The summed E-state index contributed by atoms with van der Waals surface area (Å²) in [4.78, 5) is 0. The van der Waals surface area contributed by atoms with Crippen LogP contribution >= 0.6 is 0 Å². The summed E-state index contributed by atoms with van der Waals surface area (Å²) in [6.07, 6.45) is 13.4. The average molecular weight is 335 g/mol. The van der Waals surface area contributed by atoms with E-state index in [1.54, 1.807) is 6.07 Å². The van der Waals surface area contributed by atoms with Crippen LogP contribution in [0, 0.1) is 0 Å². The van der Waals surface area contributed by atoms with Crippen LogP contribution in [0.25, 0.3) is 0 Å². The number of aromatic hydroxyl groups is 1. The Morgan fingerprint density at radius 1 is 0.833 bits per heavy atom. The normalized spacial score (nSPS) is 11.7. The summed E-state index contributed by atoms with van der Waals surface area (Å²) in [5.74, 6) is 1.22. The molecular weight excluding hydrogens is 296 g/mol. The van der Waals surface area contributed by atoms with Crippen LogP contribution < -0.4 is 4.74 Å². The van der Waals surface area contributed by atoms with Gasteiger partial charge >= 0.3 is 0 Å². The average Bonchev–Trinajstić information content (AvgIpc) is 2.53. The molecule has 0 aliphatic heterocycles. The number of benzene rings is 1. The number of phenols is 1. The first kappa shape index (κ1) is 20.9. The largest absolute Gasteiger partial charge is 0.508 e. The van der Waals surface area contributed by atoms with Gasteiger partial charge in [0.25, 0.3) is 0 Å². The SMILES string of the molecule is CCCCCCCCCCCCOc1ccc(O)c(C(C)(C)C)c1. The third kappa shape index (κ3) is 8.61. The highest BCUT2D eigenvalue weighted by Crippen LogP contribution is 2.33. The molecular formula is C22H38O2. The zero-order valence-corrected chi connectivity index (χ0v) is 16.4. The summed E-state index contributed by atoms with van der Waals surface area (Å²) in [6, 6.07) is 5.58. The van der Waals surface area contributed by atoms with E-state index in [0.717, 1.165) is 24.3 Å². The molecule has 138 valence electrons. The number of rotatable bonds is 12. The maximum absolute atomic E-state index is 9.98. The Bertz CT molecular complexity index is 446. The van der Waals surface area contributed by atoms with Crippen LogP contribution in [0.3, 0.4) is 0 Å². The van der Waals surface area contributed by atoms with Crippen LogP contribution in [-0.2, 0) is 5.41 Å². The van der Waals surface area contributed by atoms with Gasteiger partial charge < -0.3 is 9.84 Å². The predicted octanol–water partition coefficient (Wildman–Crippen LogP) is 6.99. The second-order valence-corrected chi connectivity index (χ2v) is 7.96. The topological polar surface area (TPSA) is 29.5 Å². The molecule has 0 unspecified atom stereocenters. The number of ether oxygens (including phenoxy) is 1. The van der Waals surface area contributed by atoms with Crippen molar-refractivity contribution in [3.63, 3.8) is 0 Å². The van der Waals surface area contributed by atoms with Gasteiger partial charge in [-0.2, -0.15) is 0 Å². The van der Waals surface area contributed by atoms with Gasteiger partial charge in [-0.3, -0.25) is 0 Å². The van der Waals surface area contributed by atoms with Crippen molar-refractivity contribution in [2.45, 2.75) is 97.3 Å². The molecule has 1 aromatic rings. The summed E-state index contributed by atoms with van der Waals surface area (Å²) < 4.78 is 5.86. The predicted molar refractivity (Wildman–Crippen MR) is 104 cm³/mol. The minimum Gasteiger partial charge on any atom is -0.508 e. The van der Waals surface area contributed by atoms with Crippen LogP contribution in [0.15, 0.2) is 18.2 Å². The van der Waals surface area contributed by atoms with Gasteiger partial charge in [0.1, 0.15) is 11.5 Å². The lowest BCUT2D eigenvalue weighted by atomic mass is 9.86. The highest BCUT2D eigenvalue weighted by molar-refractivity contribution is 5.43. The molecule has 0 spiro atoms. The van der Waals surface area contributed by atoms with Gasteiger partial charge in [0.15, 0.2) is 0 Å². The van der Waals surface area contributed by atoms with Crippen LogP contribution in [0.2, 0.25) is 0 Å². The van der Waals surface area contributed by atoms with E-state index in [2.05, 4.69) is 27.7 Å². The first-order chi connectivity index (χ1) is 11.4. The molecule has 0 saturated carbocycles. The summed E-state index contributed by atoms with van der Waals surface area (Å²) in [6.45, 7) is 9.35. The van der Waals surface area contributed by atoms with Crippen molar-refractivity contribution in [1.29, 1.82) is 0 Å². The Kier molecular flexibility index (Phi) is 9.90. The van der Waals surface area contributed by atoms with Gasteiger partial charge in [-0.15, -0.1) is 0 Å². The highest BCUT2D eigenvalue weighted by Gasteiger charge is 2.18. The van der Waals surface area contributed by atoms with Crippen LogP contribution in [-0.4, -0.2) is 11.7 Å². The zero-order valence-electron chi connectivity index (χ0n) is 16.4. The molecule has 0 atom stereocenters. The van der Waals surface area contributed by atoms with E-state index in [0.29, 0.717) is 5.75 Å². The summed E-state index contributed by atoms with van der Waals surface area (Å²) in [5, 5.41) is 9.98. The van der Waals surface area contributed by atoms with Crippen molar-refractivity contribution in [3.8, 4) is 11.5 Å². The van der Waals surface area contributed by atoms with Gasteiger partial charge in [-0.1, -0.05) is 85.5 Å². The Balaban J connectivity index is 2.11. The molecule has 0 fully saturated rings. The minimum atomic E-state index is -0.0689. The molecule has 2 nitrogen and oxygen atoms in total. The molecule has 1 rings (SSSR count). The van der Waals surface area contributed by atoms with Crippen molar-refractivity contribution in [1.82, 2.24) is 0 Å². The van der Waals surface area contributed by atoms with E-state index in [1.807, 2.05) is 12.1 Å². The molecule has 0 saturated heterocycles. The van der Waals surface area contributed by atoms with E-state index in [-0.39, 0.29) is 5.41 Å². The Labute approximate surface area is 149 Å². The Morgan fingerprint density at radius 2 is 1.38 bits per heavy atom. The van der Waals surface area contributed by atoms with Crippen molar-refractivity contribution in [2.75, 3.05) is 6.61 Å². The van der Waals surface area contributed by atoms with E-state index >= 15 is 0 Å². The molecule has 0 heterocycles. The molecule has 2 heteroatoms. The third-order valence-electron chi connectivity index (χ3n) is 4.54. The fourth-order valence-corrected chi connectivity index (χ4v) is 2.99. The van der Waals surface area contributed by atoms with Crippen molar-refractivity contribution < 1.29 is 9.84 Å². The van der Waals surface area contributed by atoms with Gasteiger partial charge in [0.2, 0.25) is 0 Å². The summed E-state index contributed by atoms with van der Waals surface area (Å²) in [5.41, 5.74) is 0.878. The second-order valence-electron chi connectivity index (χ2n) is 7.96. The number of phenolic OH excluding ortho intramolecular Hbond substituents is 1. The Morgan fingerprint density at radius 3 is 1.92 bits per heavy atom.